The topological polar surface area (TPSA) is 78.5 Å². The highest BCUT2D eigenvalue weighted by Crippen LogP contribution is 2.23. The first-order valence-electron chi connectivity index (χ1n) is 11.8. The van der Waals surface area contributed by atoms with Gasteiger partial charge in [-0.15, -0.1) is 0 Å². The summed E-state index contributed by atoms with van der Waals surface area (Å²) in [6, 6.07) is 22.3. The Balaban J connectivity index is 1.30. The number of rotatable bonds is 7. The number of halogens is 1. The number of nitrogens with zero attached hydrogens (tertiary/aromatic N) is 1. The molecule has 7 heteroatoms. The molecule has 3 amide bonds. The second kappa shape index (κ2) is 11.4. The van der Waals surface area contributed by atoms with Crippen LogP contribution in [0.4, 0.5) is 10.1 Å². The Kier molecular flexibility index (Phi) is 7.88. The van der Waals surface area contributed by atoms with E-state index in [0.29, 0.717) is 49.3 Å². The molecule has 180 valence electrons. The normalized spacial score (nSPS) is 13.8. The lowest BCUT2D eigenvalue weighted by atomic mass is 9.95. The van der Waals surface area contributed by atoms with Crippen LogP contribution in [0.3, 0.4) is 0 Å². The molecule has 3 aromatic rings. The molecule has 0 atom stereocenters. The zero-order valence-electron chi connectivity index (χ0n) is 19.4. The van der Waals surface area contributed by atoms with Gasteiger partial charge in [-0.1, -0.05) is 42.5 Å². The Bertz CT molecular complexity index is 1170. The highest BCUT2D eigenvalue weighted by molar-refractivity contribution is 6.04. The number of hydrogen-bond donors (Lipinski definition) is 2. The van der Waals surface area contributed by atoms with Crippen molar-refractivity contribution in [2.45, 2.75) is 19.3 Å². The van der Waals surface area contributed by atoms with E-state index in [4.69, 9.17) is 0 Å². The molecule has 35 heavy (non-hydrogen) atoms. The van der Waals surface area contributed by atoms with Crippen molar-refractivity contribution in [2.24, 2.45) is 5.92 Å². The van der Waals surface area contributed by atoms with E-state index in [-0.39, 0.29) is 29.5 Å². The van der Waals surface area contributed by atoms with E-state index in [1.54, 1.807) is 29.2 Å². The molecule has 0 aliphatic carbocycles. The second-order valence-corrected chi connectivity index (χ2v) is 8.60. The molecule has 0 radical (unpaired) electrons. The molecule has 1 aliphatic heterocycles. The Labute approximate surface area is 204 Å². The van der Waals surface area contributed by atoms with Gasteiger partial charge < -0.3 is 15.5 Å². The van der Waals surface area contributed by atoms with Crippen LogP contribution in [0, 0.1) is 11.7 Å². The van der Waals surface area contributed by atoms with E-state index in [9.17, 15) is 18.8 Å². The van der Waals surface area contributed by atoms with Crippen LogP contribution in [-0.4, -0.2) is 42.3 Å². The molecule has 1 saturated heterocycles. The van der Waals surface area contributed by atoms with Crippen molar-refractivity contribution in [1.29, 1.82) is 0 Å². The highest BCUT2D eigenvalue weighted by atomic mass is 19.1. The minimum absolute atomic E-state index is 0.164. The Morgan fingerprint density at radius 1 is 0.857 bits per heavy atom. The summed E-state index contributed by atoms with van der Waals surface area (Å²) in [5.74, 6) is -1.22. The van der Waals surface area contributed by atoms with Gasteiger partial charge in [-0.05, 0) is 61.2 Å². The van der Waals surface area contributed by atoms with Gasteiger partial charge in [0.2, 0.25) is 5.91 Å². The van der Waals surface area contributed by atoms with Crippen LogP contribution in [0.1, 0.15) is 39.1 Å². The summed E-state index contributed by atoms with van der Waals surface area (Å²) in [7, 11) is 0. The molecule has 6 nitrogen and oxygen atoms in total. The molecule has 2 N–H and O–H groups in total. The van der Waals surface area contributed by atoms with Crippen LogP contribution in [0.5, 0.6) is 0 Å². The van der Waals surface area contributed by atoms with Gasteiger partial charge in [0.05, 0.1) is 11.3 Å². The van der Waals surface area contributed by atoms with Crippen molar-refractivity contribution in [3.63, 3.8) is 0 Å². The largest absolute Gasteiger partial charge is 0.352 e. The standard InChI is InChI=1S/C28H28FN3O3/c29-23-12-10-22(11-13-23)28(35)32-18-15-21(16-19-32)26(33)31-25-9-5-4-8-24(25)27(34)30-17-14-20-6-2-1-3-7-20/h1-13,21H,14-19H2,(H,30,34)(H,31,33). The van der Waals surface area contributed by atoms with E-state index in [0.717, 1.165) is 12.0 Å². The molecular weight excluding hydrogens is 445 g/mol. The van der Waals surface area contributed by atoms with Gasteiger partial charge in [-0.2, -0.15) is 0 Å². The lowest BCUT2D eigenvalue weighted by Crippen LogP contribution is -2.41. The number of para-hydroxylation sites is 1. The number of benzene rings is 3. The summed E-state index contributed by atoms with van der Waals surface area (Å²) in [6.07, 6.45) is 1.75. The van der Waals surface area contributed by atoms with Crippen LogP contribution >= 0.6 is 0 Å². The van der Waals surface area contributed by atoms with E-state index in [1.807, 2.05) is 30.3 Å². The molecule has 1 heterocycles. The van der Waals surface area contributed by atoms with Crippen molar-refractivity contribution in [2.75, 3.05) is 25.0 Å². The first kappa shape index (κ1) is 24.1. The third-order valence-electron chi connectivity index (χ3n) is 6.22. The molecular formula is C28H28FN3O3. The molecule has 0 spiro atoms. The zero-order valence-corrected chi connectivity index (χ0v) is 19.4. The SMILES string of the molecule is O=C(NCCc1ccccc1)c1ccccc1NC(=O)C1CCN(C(=O)c2ccc(F)cc2)CC1. The maximum atomic E-state index is 13.1. The van der Waals surface area contributed by atoms with Crippen LogP contribution < -0.4 is 10.6 Å². The summed E-state index contributed by atoms with van der Waals surface area (Å²) >= 11 is 0. The minimum atomic E-state index is -0.387. The summed E-state index contributed by atoms with van der Waals surface area (Å²) in [5.41, 5.74) is 2.46. The Morgan fingerprint density at radius 3 is 2.23 bits per heavy atom. The summed E-state index contributed by atoms with van der Waals surface area (Å²) in [4.78, 5) is 40.0. The summed E-state index contributed by atoms with van der Waals surface area (Å²) in [5, 5.41) is 5.83. The van der Waals surface area contributed by atoms with Crippen LogP contribution in [-0.2, 0) is 11.2 Å². The molecule has 0 unspecified atom stereocenters. The highest BCUT2D eigenvalue weighted by Gasteiger charge is 2.28. The van der Waals surface area contributed by atoms with Gasteiger partial charge in [0.1, 0.15) is 5.82 Å². The van der Waals surface area contributed by atoms with Gasteiger partial charge in [0.25, 0.3) is 11.8 Å². The number of likely N-dealkylation sites (tertiary alicyclic amines) is 1. The molecule has 0 aromatic heterocycles. The van der Waals surface area contributed by atoms with Crippen LogP contribution in [0.25, 0.3) is 0 Å². The van der Waals surface area contributed by atoms with E-state index < -0.39 is 0 Å². The van der Waals surface area contributed by atoms with Crippen molar-refractivity contribution in [1.82, 2.24) is 10.2 Å². The lowest BCUT2D eigenvalue weighted by Gasteiger charge is -2.31. The molecule has 1 aliphatic rings. The fourth-order valence-corrected chi connectivity index (χ4v) is 4.20. The fourth-order valence-electron chi connectivity index (χ4n) is 4.20. The first-order valence-corrected chi connectivity index (χ1v) is 11.8. The van der Waals surface area contributed by atoms with Crippen LogP contribution in [0.2, 0.25) is 0 Å². The molecule has 4 rings (SSSR count). The first-order chi connectivity index (χ1) is 17.0. The smallest absolute Gasteiger partial charge is 0.253 e. The monoisotopic (exact) mass is 473 g/mol. The number of carbonyl (C=O) groups is 3. The van der Waals surface area contributed by atoms with E-state index in [1.165, 1.54) is 24.3 Å². The quantitative estimate of drug-likeness (QED) is 0.537. The lowest BCUT2D eigenvalue weighted by molar-refractivity contribution is -0.121. The minimum Gasteiger partial charge on any atom is -0.352 e. The zero-order chi connectivity index (χ0) is 24.6. The third kappa shape index (κ3) is 6.32. The third-order valence-corrected chi connectivity index (χ3v) is 6.22. The summed E-state index contributed by atoms with van der Waals surface area (Å²) < 4.78 is 13.1. The number of anilines is 1. The van der Waals surface area contributed by atoms with Gasteiger partial charge in [-0.25, -0.2) is 4.39 Å². The van der Waals surface area contributed by atoms with Gasteiger partial charge in [0.15, 0.2) is 0 Å². The maximum absolute atomic E-state index is 13.1. The van der Waals surface area contributed by atoms with Gasteiger partial charge in [-0.3, -0.25) is 14.4 Å². The molecule has 1 fully saturated rings. The van der Waals surface area contributed by atoms with Crippen molar-refractivity contribution in [3.8, 4) is 0 Å². The van der Waals surface area contributed by atoms with Crippen molar-refractivity contribution < 1.29 is 18.8 Å². The van der Waals surface area contributed by atoms with Gasteiger partial charge >= 0.3 is 0 Å². The fraction of sp³-hybridized carbons (Fsp3) is 0.250. The second-order valence-electron chi connectivity index (χ2n) is 8.60. The predicted octanol–water partition coefficient (Wildman–Crippen LogP) is 4.29. The average molecular weight is 474 g/mol. The average Bonchev–Trinajstić information content (AvgIpc) is 2.89. The number of amides is 3. The van der Waals surface area contributed by atoms with Crippen molar-refractivity contribution in [3.05, 3.63) is 101 Å². The van der Waals surface area contributed by atoms with E-state index >= 15 is 0 Å². The summed E-state index contributed by atoms with van der Waals surface area (Å²) in [6.45, 7) is 1.37. The van der Waals surface area contributed by atoms with E-state index in [2.05, 4.69) is 10.6 Å². The molecule has 3 aromatic carbocycles. The van der Waals surface area contributed by atoms with Crippen LogP contribution in [0.15, 0.2) is 78.9 Å². The Morgan fingerprint density at radius 2 is 1.51 bits per heavy atom. The number of hydrogen-bond acceptors (Lipinski definition) is 3. The van der Waals surface area contributed by atoms with Crippen molar-refractivity contribution >= 4 is 23.4 Å². The molecule has 0 bridgehead atoms. The van der Waals surface area contributed by atoms with Gasteiger partial charge in [0, 0.05) is 31.1 Å². The number of piperidine rings is 1. The number of carbonyl (C=O) groups excluding carboxylic acids is 3. The molecule has 0 saturated carbocycles. The predicted molar refractivity (Wildman–Crippen MR) is 133 cm³/mol. The number of nitrogens with one attached hydrogen (secondary N) is 2. The Hall–Kier alpha value is -4.00. The maximum Gasteiger partial charge on any atom is 0.253 e.